The number of aromatic nitrogens is 5. The van der Waals surface area contributed by atoms with Gasteiger partial charge in [-0.15, -0.1) is 5.10 Å². The number of halogens is 1. The molecule has 0 atom stereocenters. The number of ether oxygens (including phenoxy) is 3. The summed E-state index contributed by atoms with van der Waals surface area (Å²) < 4.78 is 19.1. The molecule has 1 aliphatic carbocycles. The Morgan fingerprint density at radius 3 is 2.56 bits per heavy atom. The zero-order chi connectivity index (χ0) is 27.1. The summed E-state index contributed by atoms with van der Waals surface area (Å²) in [5.41, 5.74) is 1.92. The maximum absolute atomic E-state index is 11.2. The SMILES string of the molecule is COc1ccc(CNc2nc3c(OC)cccc3c3nc([C@H]4C[C@@](O)(c5ccc(Br)cn5)C4)nn23)c(OC)c1. The molecule has 11 heteroatoms. The number of rotatable bonds is 8. The fourth-order valence-corrected chi connectivity index (χ4v) is 5.28. The summed E-state index contributed by atoms with van der Waals surface area (Å²) in [4.78, 5) is 14.2. The molecule has 0 unspecified atom stereocenters. The monoisotopic (exact) mass is 590 g/mol. The number of hydrogen-bond acceptors (Lipinski definition) is 9. The number of nitrogens with one attached hydrogen (secondary N) is 1. The molecular formula is C28H27BrN6O4. The maximum Gasteiger partial charge on any atom is 0.226 e. The Bertz CT molecular complexity index is 1670. The van der Waals surface area contributed by atoms with Gasteiger partial charge in [-0.25, -0.2) is 9.97 Å². The van der Waals surface area contributed by atoms with Crippen molar-refractivity contribution in [2.75, 3.05) is 26.6 Å². The average Bonchev–Trinajstić information content (AvgIpc) is 3.39. The number of pyridine rings is 1. The number of methoxy groups -OCH3 is 3. The van der Waals surface area contributed by atoms with Crippen LogP contribution in [0.25, 0.3) is 16.6 Å². The molecule has 1 aliphatic rings. The predicted octanol–water partition coefficient (Wildman–Crippen LogP) is 4.84. The topological polar surface area (TPSA) is 116 Å². The molecule has 0 spiro atoms. The largest absolute Gasteiger partial charge is 0.497 e. The molecule has 0 bridgehead atoms. The van der Waals surface area contributed by atoms with E-state index in [0.717, 1.165) is 15.4 Å². The summed E-state index contributed by atoms with van der Waals surface area (Å²) in [6, 6.07) is 15.1. The highest BCUT2D eigenvalue weighted by Gasteiger charge is 2.47. The van der Waals surface area contributed by atoms with Crippen LogP contribution in [-0.4, -0.2) is 51.0 Å². The van der Waals surface area contributed by atoms with Gasteiger partial charge in [-0.05, 0) is 65.2 Å². The van der Waals surface area contributed by atoms with Crippen molar-refractivity contribution in [1.82, 2.24) is 24.6 Å². The molecular weight excluding hydrogens is 564 g/mol. The second-order valence-corrected chi connectivity index (χ2v) is 10.4. The van der Waals surface area contributed by atoms with Gasteiger partial charge in [-0.3, -0.25) is 4.98 Å². The smallest absolute Gasteiger partial charge is 0.226 e. The Balaban J connectivity index is 1.36. The van der Waals surface area contributed by atoms with Gasteiger partial charge >= 0.3 is 0 Å². The van der Waals surface area contributed by atoms with Gasteiger partial charge in [0, 0.05) is 40.1 Å². The molecule has 200 valence electrons. The predicted molar refractivity (Wildman–Crippen MR) is 150 cm³/mol. The minimum absolute atomic E-state index is 0.0180. The first-order valence-corrected chi connectivity index (χ1v) is 13.2. The van der Waals surface area contributed by atoms with Gasteiger partial charge in [0.2, 0.25) is 5.95 Å². The van der Waals surface area contributed by atoms with Crippen LogP contribution in [0.15, 0.2) is 59.2 Å². The van der Waals surface area contributed by atoms with Crippen LogP contribution in [0, 0.1) is 0 Å². The van der Waals surface area contributed by atoms with Crippen molar-refractivity contribution in [3.63, 3.8) is 0 Å². The highest BCUT2D eigenvalue weighted by atomic mass is 79.9. The summed E-state index contributed by atoms with van der Waals surface area (Å²) in [5.74, 6) is 3.21. The molecule has 3 aromatic heterocycles. The quantitative estimate of drug-likeness (QED) is 0.262. The van der Waals surface area contributed by atoms with Gasteiger partial charge in [0.1, 0.15) is 28.4 Å². The zero-order valence-electron chi connectivity index (χ0n) is 21.7. The lowest BCUT2D eigenvalue weighted by molar-refractivity contribution is -0.0605. The van der Waals surface area contributed by atoms with Crippen LogP contribution in [-0.2, 0) is 12.1 Å². The molecule has 1 saturated carbocycles. The summed E-state index contributed by atoms with van der Waals surface area (Å²) >= 11 is 3.40. The molecule has 5 aromatic rings. The van der Waals surface area contributed by atoms with Crippen LogP contribution >= 0.6 is 15.9 Å². The lowest BCUT2D eigenvalue weighted by atomic mass is 9.68. The van der Waals surface area contributed by atoms with Gasteiger partial charge in [0.25, 0.3) is 0 Å². The third-order valence-electron chi connectivity index (χ3n) is 7.17. The first-order valence-electron chi connectivity index (χ1n) is 12.4. The van der Waals surface area contributed by atoms with E-state index < -0.39 is 5.60 Å². The maximum atomic E-state index is 11.2. The Kier molecular flexibility index (Phi) is 6.48. The van der Waals surface area contributed by atoms with Crippen molar-refractivity contribution in [2.24, 2.45) is 0 Å². The summed E-state index contributed by atoms with van der Waals surface area (Å²) in [6.07, 6.45) is 2.67. The van der Waals surface area contributed by atoms with Gasteiger partial charge < -0.3 is 24.6 Å². The molecule has 0 radical (unpaired) electrons. The third kappa shape index (κ3) is 4.51. The van der Waals surface area contributed by atoms with E-state index in [0.29, 0.717) is 65.3 Å². The molecule has 0 saturated heterocycles. The fraction of sp³-hybridized carbons (Fsp3) is 0.286. The number of anilines is 1. The first-order chi connectivity index (χ1) is 18.9. The number of para-hydroxylation sites is 1. The van der Waals surface area contributed by atoms with E-state index in [1.54, 1.807) is 32.0 Å². The van der Waals surface area contributed by atoms with Crippen LogP contribution in [0.2, 0.25) is 0 Å². The molecule has 3 heterocycles. The van der Waals surface area contributed by atoms with Gasteiger partial charge in [-0.2, -0.15) is 4.52 Å². The standard InChI is InChI=1S/C28H27BrN6O4/c1-37-19-9-7-16(22(11-19)39-3)14-31-27-32-24-20(5-4-6-21(24)38-2)26-33-25(34-35(26)27)17-12-28(36,13-17)23-10-8-18(29)15-30-23/h4-11,15,17,36H,12-14H2,1-3H3,(H,31,32)/t17-,28-. The third-order valence-corrected chi connectivity index (χ3v) is 7.64. The summed E-state index contributed by atoms with van der Waals surface area (Å²) in [6.45, 7) is 0.434. The highest BCUT2D eigenvalue weighted by Crippen LogP contribution is 2.49. The lowest BCUT2D eigenvalue weighted by Gasteiger charge is -2.41. The van der Waals surface area contributed by atoms with E-state index in [9.17, 15) is 5.11 Å². The van der Waals surface area contributed by atoms with Gasteiger partial charge in [0.05, 0.1) is 27.0 Å². The molecule has 1 fully saturated rings. The van der Waals surface area contributed by atoms with Crippen LogP contribution in [0.3, 0.4) is 0 Å². The summed E-state index contributed by atoms with van der Waals surface area (Å²) in [7, 11) is 4.87. The van der Waals surface area contributed by atoms with Gasteiger partial charge in [-0.1, -0.05) is 6.07 Å². The molecule has 6 rings (SSSR count). The van der Waals surface area contributed by atoms with Crippen molar-refractivity contribution >= 4 is 38.4 Å². The van der Waals surface area contributed by atoms with Crippen molar-refractivity contribution in [3.05, 3.63) is 76.3 Å². The van der Waals surface area contributed by atoms with Crippen LogP contribution < -0.4 is 19.5 Å². The molecule has 0 aliphatic heterocycles. The van der Waals surface area contributed by atoms with Crippen LogP contribution in [0.5, 0.6) is 17.2 Å². The first kappa shape index (κ1) is 25.3. The van der Waals surface area contributed by atoms with Crippen molar-refractivity contribution < 1.29 is 19.3 Å². The van der Waals surface area contributed by atoms with E-state index in [1.807, 2.05) is 48.5 Å². The fourth-order valence-electron chi connectivity index (χ4n) is 5.04. The number of nitrogens with zero attached hydrogens (tertiary/aromatic N) is 5. The second kappa shape index (κ2) is 9.97. The lowest BCUT2D eigenvalue weighted by Crippen LogP contribution is -2.40. The van der Waals surface area contributed by atoms with E-state index in [4.69, 9.17) is 29.3 Å². The van der Waals surface area contributed by atoms with E-state index >= 15 is 0 Å². The van der Waals surface area contributed by atoms with Gasteiger partial charge in [0.15, 0.2) is 11.5 Å². The molecule has 2 aromatic carbocycles. The molecule has 2 N–H and O–H groups in total. The Hall–Kier alpha value is -3.96. The van der Waals surface area contributed by atoms with Crippen LogP contribution in [0.4, 0.5) is 5.95 Å². The zero-order valence-corrected chi connectivity index (χ0v) is 23.3. The van der Waals surface area contributed by atoms with E-state index in [2.05, 4.69) is 26.2 Å². The molecule has 39 heavy (non-hydrogen) atoms. The Morgan fingerprint density at radius 1 is 1.03 bits per heavy atom. The highest BCUT2D eigenvalue weighted by molar-refractivity contribution is 9.10. The van der Waals surface area contributed by atoms with E-state index in [-0.39, 0.29) is 5.92 Å². The minimum Gasteiger partial charge on any atom is -0.497 e. The second-order valence-electron chi connectivity index (χ2n) is 9.53. The van der Waals surface area contributed by atoms with Crippen molar-refractivity contribution in [3.8, 4) is 17.2 Å². The minimum atomic E-state index is -1.00. The van der Waals surface area contributed by atoms with Crippen molar-refractivity contribution in [1.29, 1.82) is 0 Å². The van der Waals surface area contributed by atoms with E-state index in [1.165, 1.54) is 0 Å². The summed E-state index contributed by atoms with van der Waals surface area (Å²) in [5, 5.41) is 20.2. The Morgan fingerprint density at radius 2 is 1.85 bits per heavy atom. The van der Waals surface area contributed by atoms with Crippen LogP contribution in [0.1, 0.15) is 35.8 Å². The number of benzene rings is 2. The number of aliphatic hydroxyl groups is 1. The normalized spacial score (nSPS) is 18.6. The molecule has 10 nitrogen and oxygen atoms in total. The number of hydrogen-bond donors (Lipinski definition) is 2. The van der Waals surface area contributed by atoms with Crippen molar-refractivity contribution in [2.45, 2.75) is 30.9 Å². The Labute approximate surface area is 233 Å². The average molecular weight is 591 g/mol. The number of fused-ring (bicyclic) bond motifs is 3. The molecule has 0 amide bonds.